The van der Waals surface area contributed by atoms with Crippen molar-refractivity contribution in [3.05, 3.63) is 35.9 Å². The zero-order chi connectivity index (χ0) is 11.5. The average molecular weight is 219 g/mol. The molecular formula is C12H13NO3. The van der Waals surface area contributed by atoms with E-state index in [1.165, 1.54) is 0 Å². The molecule has 0 spiro atoms. The van der Waals surface area contributed by atoms with E-state index < -0.39 is 6.10 Å². The molecule has 4 nitrogen and oxygen atoms in total. The van der Waals surface area contributed by atoms with E-state index in [9.17, 15) is 5.11 Å². The molecule has 2 aromatic rings. The lowest BCUT2D eigenvalue weighted by Gasteiger charge is -2.10. The molecule has 0 saturated heterocycles. The van der Waals surface area contributed by atoms with Crippen LogP contribution in [-0.2, 0) is 0 Å². The number of para-hydroxylation sites is 1. The molecule has 0 fully saturated rings. The van der Waals surface area contributed by atoms with Crippen LogP contribution < -0.4 is 4.74 Å². The highest BCUT2D eigenvalue weighted by Gasteiger charge is 2.11. The van der Waals surface area contributed by atoms with Gasteiger partial charge in [0.25, 0.3) is 0 Å². The molecule has 1 heterocycles. The van der Waals surface area contributed by atoms with Crippen LogP contribution in [-0.4, -0.2) is 28.9 Å². The van der Waals surface area contributed by atoms with E-state index in [1.54, 1.807) is 19.2 Å². The normalized spacial score (nSPS) is 12.7. The van der Waals surface area contributed by atoms with Crippen molar-refractivity contribution in [2.75, 3.05) is 13.7 Å². The lowest BCUT2D eigenvalue weighted by atomic mass is 10.1. The number of aliphatic hydroxyl groups is 2. The number of aliphatic hydroxyl groups excluding tert-OH is 2. The first-order valence-corrected chi connectivity index (χ1v) is 4.99. The van der Waals surface area contributed by atoms with Crippen molar-refractivity contribution in [1.82, 2.24) is 4.98 Å². The van der Waals surface area contributed by atoms with Crippen molar-refractivity contribution in [2.45, 2.75) is 6.10 Å². The SMILES string of the molecule is COc1ccc2cccc(C(O)CO)c2n1. The third kappa shape index (κ3) is 1.85. The zero-order valence-electron chi connectivity index (χ0n) is 8.92. The number of hydrogen-bond donors (Lipinski definition) is 2. The Morgan fingerprint density at radius 1 is 1.31 bits per heavy atom. The smallest absolute Gasteiger partial charge is 0.213 e. The Bertz CT molecular complexity index is 499. The Hall–Kier alpha value is -1.65. The Morgan fingerprint density at radius 3 is 2.81 bits per heavy atom. The van der Waals surface area contributed by atoms with Gasteiger partial charge in [-0.25, -0.2) is 4.98 Å². The Morgan fingerprint density at radius 2 is 2.12 bits per heavy atom. The molecule has 1 aromatic carbocycles. The Balaban J connectivity index is 2.64. The summed E-state index contributed by atoms with van der Waals surface area (Å²) in [6, 6.07) is 9.10. The predicted molar refractivity (Wildman–Crippen MR) is 60.3 cm³/mol. The summed E-state index contributed by atoms with van der Waals surface area (Å²) < 4.78 is 5.04. The third-order valence-corrected chi connectivity index (χ3v) is 2.47. The Labute approximate surface area is 93.1 Å². The number of hydrogen-bond acceptors (Lipinski definition) is 4. The number of rotatable bonds is 3. The Kier molecular flexibility index (Phi) is 3.03. The number of nitrogens with zero attached hydrogens (tertiary/aromatic N) is 1. The van der Waals surface area contributed by atoms with Crippen molar-refractivity contribution in [1.29, 1.82) is 0 Å². The zero-order valence-corrected chi connectivity index (χ0v) is 8.92. The summed E-state index contributed by atoms with van der Waals surface area (Å²) in [5, 5.41) is 19.5. The first-order chi connectivity index (χ1) is 7.76. The standard InChI is InChI=1S/C12H13NO3/c1-16-11-6-5-8-3-2-4-9(10(15)7-14)12(8)13-11/h2-6,10,14-15H,7H2,1H3. The molecular weight excluding hydrogens is 206 g/mol. The molecule has 0 aliphatic rings. The summed E-state index contributed by atoms with van der Waals surface area (Å²) in [6.45, 7) is -0.321. The van der Waals surface area contributed by atoms with Crippen LogP contribution in [0.4, 0.5) is 0 Å². The van der Waals surface area contributed by atoms with E-state index in [-0.39, 0.29) is 6.61 Å². The maximum absolute atomic E-state index is 9.66. The van der Waals surface area contributed by atoms with Crippen molar-refractivity contribution < 1.29 is 14.9 Å². The summed E-state index contributed by atoms with van der Waals surface area (Å²) in [5.41, 5.74) is 1.27. The second kappa shape index (κ2) is 4.47. The van der Waals surface area contributed by atoms with E-state index in [1.807, 2.05) is 18.2 Å². The number of aromatic nitrogens is 1. The maximum atomic E-state index is 9.66. The number of benzene rings is 1. The van der Waals surface area contributed by atoms with Gasteiger partial charge in [0.05, 0.1) is 19.2 Å². The molecule has 2 rings (SSSR count). The van der Waals surface area contributed by atoms with Crippen LogP contribution in [0, 0.1) is 0 Å². The van der Waals surface area contributed by atoms with Gasteiger partial charge in [0.2, 0.25) is 5.88 Å². The van der Waals surface area contributed by atoms with Gasteiger partial charge < -0.3 is 14.9 Å². The highest BCUT2D eigenvalue weighted by Crippen LogP contribution is 2.24. The van der Waals surface area contributed by atoms with Gasteiger partial charge >= 0.3 is 0 Å². The summed E-state index contributed by atoms with van der Waals surface area (Å²) in [4.78, 5) is 4.27. The van der Waals surface area contributed by atoms with Crippen LogP contribution in [0.5, 0.6) is 5.88 Å². The summed E-state index contributed by atoms with van der Waals surface area (Å²) in [5.74, 6) is 0.491. The molecule has 4 heteroatoms. The van der Waals surface area contributed by atoms with Gasteiger partial charge in [0.1, 0.15) is 6.10 Å². The van der Waals surface area contributed by atoms with Gasteiger partial charge in [-0.15, -0.1) is 0 Å². The minimum atomic E-state index is -0.914. The predicted octanol–water partition coefficient (Wildman–Crippen LogP) is 1.27. The van der Waals surface area contributed by atoms with Crippen LogP contribution in [0.25, 0.3) is 10.9 Å². The van der Waals surface area contributed by atoms with Crippen molar-refractivity contribution in [3.63, 3.8) is 0 Å². The van der Waals surface area contributed by atoms with Crippen molar-refractivity contribution in [2.24, 2.45) is 0 Å². The van der Waals surface area contributed by atoms with E-state index in [2.05, 4.69) is 4.98 Å². The van der Waals surface area contributed by atoms with Crippen LogP contribution >= 0.6 is 0 Å². The molecule has 1 atom stereocenters. The number of fused-ring (bicyclic) bond motifs is 1. The number of ether oxygens (including phenoxy) is 1. The largest absolute Gasteiger partial charge is 0.481 e. The fraction of sp³-hybridized carbons (Fsp3) is 0.250. The minimum absolute atomic E-state index is 0.321. The molecule has 1 unspecified atom stereocenters. The lowest BCUT2D eigenvalue weighted by molar-refractivity contribution is 0.0965. The van der Waals surface area contributed by atoms with E-state index >= 15 is 0 Å². The molecule has 0 bridgehead atoms. The van der Waals surface area contributed by atoms with Crippen molar-refractivity contribution in [3.8, 4) is 5.88 Å². The number of methoxy groups -OCH3 is 1. The van der Waals surface area contributed by atoms with E-state index in [0.717, 1.165) is 5.39 Å². The lowest BCUT2D eigenvalue weighted by Crippen LogP contribution is -2.04. The fourth-order valence-corrected chi connectivity index (χ4v) is 1.63. The van der Waals surface area contributed by atoms with Crippen LogP contribution in [0.1, 0.15) is 11.7 Å². The molecule has 2 N–H and O–H groups in total. The van der Waals surface area contributed by atoms with Gasteiger partial charge in [-0.1, -0.05) is 18.2 Å². The molecule has 0 saturated carbocycles. The molecule has 0 aliphatic heterocycles. The first kappa shape index (κ1) is 10.9. The summed E-state index contributed by atoms with van der Waals surface area (Å²) in [7, 11) is 1.54. The van der Waals surface area contributed by atoms with E-state index in [0.29, 0.717) is 17.0 Å². The monoisotopic (exact) mass is 219 g/mol. The quantitative estimate of drug-likeness (QED) is 0.816. The van der Waals surface area contributed by atoms with Gasteiger partial charge in [0, 0.05) is 17.0 Å². The van der Waals surface area contributed by atoms with Gasteiger partial charge in [-0.3, -0.25) is 0 Å². The fourth-order valence-electron chi connectivity index (χ4n) is 1.63. The average Bonchev–Trinajstić information content (AvgIpc) is 2.36. The van der Waals surface area contributed by atoms with Gasteiger partial charge in [-0.2, -0.15) is 0 Å². The van der Waals surface area contributed by atoms with Crippen molar-refractivity contribution >= 4 is 10.9 Å². The molecule has 0 aliphatic carbocycles. The third-order valence-electron chi connectivity index (χ3n) is 2.47. The summed E-state index contributed by atoms with van der Waals surface area (Å²) in [6.07, 6.45) is -0.914. The topological polar surface area (TPSA) is 62.6 Å². The second-order valence-electron chi connectivity index (χ2n) is 3.47. The van der Waals surface area contributed by atoms with Crippen LogP contribution in [0.3, 0.4) is 0 Å². The molecule has 0 radical (unpaired) electrons. The number of pyridine rings is 1. The van der Waals surface area contributed by atoms with Gasteiger partial charge in [0.15, 0.2) is 0 Å². The first-order valence-electron chi connectivity index (χ1n) is 4.99. The maximum Gasteiger partial charge on any atom is 0.213 e. The highest BCUT2D eigenvalue weighted by atomic mass is 16.5. The highest BCUT2D eigenvalue weighted by molar-refractivity contribution is 5.82. The second-order valence-corrected chi connectivity index (χ2v) is 3.47. The van der Waals surface area contributed by atoms with E-state index in [4.69, 9.17) is 9.84 Å². The molecule has 84 valence electrons. The molecule has 16 heavy (non-hydrogen) atoms. The van der Waals surface area contributed by atoms with Crippen LogP contribution in [0.15, 0.2) is 30.3 Å². The minimum Gasteiger partial charge on any atom is -0.481 e. The molecule has 1 aromatic heterocycles. The summed E-state index contributed by atoms with van der Waals surface area (Å²) >= 11 is 0. The molecule has 0 amide bonds. The van der Waals surface area contributed by atoms with Crippen LogP contribution in [0.2, 0.25) is 0 Å². The van der Waals surface area contributed by atoms with Gasteiger partial charge in [-0.05, 0) is 6.07 Å².